The molecule has 0 aromatic heterocycles. The molecule has 0 saturated heterocycles. The monoisotopic (exact) mass is 260 g/mol. The largest absolute Gasteiger partial charge is 0.497 e. The number of nitrogens with one attached hydrogen (secondary N) is 1. The molecule has 0 heterocycles. The van der Waals surface area contributed by atoms with Crippen molar-refractivity contribution in [2.45, 2.75) is 32.7 Å². The highest BCUT2D eigenvalue weighted by molar-refractivity contribution is 5.81. The third-order valence-electron chi connectivity index (χ3n) is 3.02. The van der Waals surface area contributed by atoms with Crippen molar-refractivity contribution in [1.82, 2.24) is 5.32 Å². The number of ether oxygens (including phenoxy) is 1. The molecule has 0 aliphatic heterocycles. The molecule has 4 nitrogen and oxygen atoms in total. The minimum absolute atomic E-state index is 0.119. The van der Waals surface area contributed by atoms with Gasteiger partial charge in [-0.25, -0.2) is 0 Å². The standard InChI is InChI=1S/C15H20N2O2/c1-4-5-13(10-16)15(18)17-11(2)12-6-8-14(19-3)9-7-12/h6-9,11,13H,4-5H2,1-3H3,(H,17,18). The predicted octanol–water partition coefficient (Wildman–Crippen LogP) is 2.81. The molecule has 0 aliphatic carbocycles. The van der Waals surface area contributed by atoms with Gasteiger partial charge in [0.05, 0.1) is 19.2 Å². The van der Waals surface area contributed by atoms with Gasteiger partial charge in [0.15, 0.2) is 0 Å². The molecule has 0 fully saturated rings. The van der Waals surface area contributed by atoms with E-state index in [4.69, 9.17) is 10.00 Å². The Morgan fingerprint density at radius 1 is 1.42 bits per heavy atom. The Bertz CT molecular complexity index is 448. The van der Waals surface area contributed by atoms with Gasteiger partial charge in [0.1, 0.15) is 11.7 Å². The number of amides is 1. The van der Waals surface area contributed by atoms with E-state index in [1.165, 1.54) is 0 Å². The molecule has 1 rings (SSSR count). The number of carbonyl (C=O) groups excluding carboxylic acids is 1. The predicted molar refractivity (Wildman–Crippen MR) is 73.6 cm³/mol. The molecule has 0 bridgehead atoms. The quantitative estimate of drug-likeness (QED) is 0.855. The van der Waals surface area contributed by atoms with E-state index in [1.807, 2.05) is 44.2 Å². The third kappa shape index (κ3) is 4.29. The van der Waals surface area contributed by atoms with Crippen molar-refractivity contribution < 1.29 is 9.53 Å². The summed E-state index contributed by atoms with van der Waals surface area (Å²) in [6.07, 6.45) is 1.42. The number of hydrogen-bond donors (Lipinski definition) is 1. The van der Waals surface area contributed by atoms with Gasteiger partial charge in [-0.2, -0.15) is 5.26 Å². The lowest BCUT2D eigenvalue weighted by atomic mass is 10.0. The Morgan fingerprint density at radius 2 is 2.05 bits per heavy atom. The number of nitriles is 1. The number of nitrogens with zero attached hydrogens (tertiary/aromatic N) is 1. The van der Waals surface area contributed by atoms with Gasteiger partial charge in [-0.1, -0.05) is 25.5 Å². The minimum Gasteiger partial charge on any atom is -0.497 e. The van der Waals surface area contributed by atoms with Crippen LogP contribution in [0.4, 0.5) is 0 Å². The van der Waals surface area contributed by atoms with Crippen molar-refractivity contribution in [1.29, 1.82) is 5.26 Å². The highest BCUT2D eigenvalue weighted by atomic mass is 16.5. The van der Waals surface area contributed by atoms with Gasteiger partial charge in [-0.15, -0.1) is 0 Å². The van der Waals surface area contributed by atoms with Crippen LogP contribution in [0.15, 0.2) is 24.3 Å². The second-order valence-corrected chi connectivity index (χ2v) is 4.47. The maximum Gasteiger partial charge on any atom is 0.237 e. The molecule has 2 unspecified atom stereocenters. The van der Waals surface area contributed by atoms with Crippen molar-refractivity contribution in [2.24, 2.45) is 5.92 Å². The van der Waals surface area contributed by atoms with Crippen molar-refractivity contribution in [3.8, 4) is 11.8 Å². The Hall–Kier alpha value is -2.02. The van der Waals surface area contributed by atoms with E-state index >= 15 is 0 Å². The molecule has 0 spiro atoms. The molecule has 2 atom stereocenters. The summed E-state index contributed by atoms with van der Waals surface area (Å²) in [5.41, 5.74) is 0.988. The zero-order valence-corrected chi connectivity index (χ0v) is 11.6. The molecule has 4 heteroatoms. The summed E-state index contributed by atoms with van der Waals surface area (Å²) in [5.74, 6) is 0.0153. The smallest absolute Gasteiger partial charge is 0.237 e. The summed E-state index contributed by atoms with van der Waals surface area (Å²) in [6.45, 7) is 3.87. The summed E-state index contributed by atoms with van der Waals surface area (Å²) in [5, 5.41) is 11.8. The van der Waals surface area contributed by atoms with Gasteiger partial charge >= 0.3 is 0 Å². The van der Waals surface area contributed by atoms with Crippen LogP contribution in [-0.2, 0) is 4.79 Å². The topological polar surface area (TPSA) is 62.1 Å². The lowest BCUT2D eigenvalue weighted by Crippen LogP contribution is -2.32. The Morgan fingerprint density at radius 3 is 2.53 bits per heavy atom. The molecule has 102 valence electrons. The van der Waals surface area contributed by atoms with E-state index in [2.05, 4.69) is 5.32 Å². The van der Waals surface area contributed by atoms with Crippen molar-refractivity contribution in [3.63, 3.8) is 0 Å². The van der Waals surface area contributed by atoms with Crippen molar-refractivity contribution in [2.75, 3.05) is 7.11 Å². The first-order valence-corrected chi connectivity index (χ1v) is 6.46. The second kappa shape index (κ2) is 7.42. The van der Waals surface area contributed by atoms with Gasteiger partial charge in [-0.3, -0.25) is 4.79 Å². The number of hydrogen-bond acceptors (Lipinski definition) is 3. The average molecular weight is 260 g/mol. The summed E-state index contributed by atoms with van der Waals surface area (Å²) >= 11 is 0. The molecule has 1 N–H and O–H groups in total. The SMILES string of the molecule is CCCC(C#N)C(=O)NC(C)c1ccc(OC)cc1. The number of benzene rings is 1. The number of methoxy groups -OCH3 is 1. The van der Waals surface area contributed by atoms with Crippen LogP contribution in [-0.4, -0.2) is 13.0 Å². The van der Waals surface area contributed by atoms with Gasteiger partial charge in [0.25, 0.3) is 0 Å². The lowest BCUT2D eigenvalue weighted by Gasteiger charge is -2.16. The summed E-state index contributed by atoms with van der Waals surface area (Å²) in [6, 6.07) is 9.45. The molecule has 0 aliphatic rings. The van der Waals surface area contributed by atoms with E-state index in [-0.39, 0.29) is 11.9 Å². The molecule has 1 amide bonds. The van der Waals surface area contributed by atoms with E-state index in [1.54, 1.807) is 7.11 Å². The molecule has 1 aromatic carbocycles. The van der Waals surface area contributed by atoms with Gasteiger partial charge in [0, 0.05) is 0 Å². The zero-order valence-electron chi connectivity index (χ0n) is 11.6. The van der Waals surface area contributed by atoms with Crippen LogP contribution in [0.2, 0.25) is 0 Å². The van der Waals surface area contributed by atoms with Gasteiger partial charge in [0.2, 0.25) is 5.91 Å². The Kier molecular flexibility index (Phi) is 5.87. The first-order valence-electron chi connectivity index (χ1n) is 6.46. The second-order valence-electron chi connectivity index (χ2n) is 4.47. The fourth-order valence-corrected chi connectivity index (χ4v) is 1.83. The van der Waals surface area contributed by atoms with Crippen LogP contribution in [0.25, 0.3) is 0 Å². The Balaban J connectivity index is 2.65. The minimum atomic E-state index is -0.564. The molecular formula is C15H20N2O2. The van der Waals surface area contributed by atoms with Gasteiger partial charge < -0.3 is 10.1 Å². The fraction of sp³-hybridized carbons (Fsp3) is 0.467. The van der Waals surface area contributed by atoms with Gasteiger partial charge in [-0.05, 0) is 31.0 Å². The lowest BCUT2D eigenvalue weighted by molar-refractivity contribution is -0.124. The van der Waals surface area contributed by atoms with E-state index in [0.717, 1.165) is 17.7 Å². The van der Waals surface area contributed by atoms with Crippen molar-refractivity contribution in [3.05, 3.63) is 29.8 Å². The molecule has 1 aromatic rings. The molecule has 0 radical (unpaired) electrons. The normalized spacial score (nSPS) is 13.2. The first-order chi connectivity index (χ1) is 9.12. The van der Waals surface area contributed by atoms with E-state index < -0.39 is 5.92 Å². The summed E-state index contributed by atoms with van der Waals surface area (Å²) in [4.78, 5) is 11.9. The summed E-state index contributed by atoms with van der Waals surface area (Å²) in [7, 11) is 1.61. The van der Waals surface area contributed by atoms with Crippen LogP contribution in [0.5, 0.6) is 5.75 Å². The zero-order chi connectivity index (χ0) is 14.3. The highest BCUT2D eigenvalue weighted by Gasteiger charge is 2.19. The molecular weight excluding hydrogens is 240 g/mol. The van der Waals surface area contributed by atoms with E-state index in [0.29, 0.717) is 6.42 Å². The summed E-state index contributed by atoms with van der Waals surface area (Å²) < 4.78 is 5.09. The van der Waals surface area contributed by atoms with Crippen molar-refractivity contribution >= 4 is 5.91 Å². The number of carbonyl (C=O) groups is 1. The van der Waals surface area contributed by atoms with Crippen LogP contribution in [0.3, 0.4) is 0 Å². The van der Waals surface area contributed by atoms with Crippen LogP contribution >= 0.6 is 0 Å². The fourth-order valence-electron chi connectivity index (χ4n) is 1.83. The third-order valence-corrected chi connectivity index (χ3v) is 3.02. The van der Waals surface area contributed by atoms with Crippen LogP contribution in [0.1, 0.15) is 38.3 Å². The van der Waals surface area contributed by atoms with Crippen LogP contribution in [0, 0.1) is 17.2 Å². The van der Waals surface area contributed by atoms with E-state index in [9.17, 15) is 4.79 Å². The maximum atomic E-state index is 11.9. The number of rotatable bonds is 6. The van der Waals surface area contributed by atoms with Crippen LogP contribution < -0.4 is 10.1 Å². The highest BCUT2D eigenvalue weighted by Crippen LogP contribution is 2.18. The molecule has 0 saturated carbocycles. The average Bonchev–Trinajstić information content (AvgIpc) is 2.44. The Labute approximate surface area is 114 Å². The first kappa shape index (κ1) is 15.0. The maximum absolute atomic E-state index is 11.9. The molecule has 19 heavy (non-hydrogen) atoms.